The second-order valence-electron chi connectivity index (χ2n) is 7.20. The van der Waals surface area contributed by atoms with Crippen LogP contribution in [0.25, 0.3) is 10.8 Å². The number of nitrogens with one attached hydrogen (secondary N) is 1. The van der Waals surface area contributed by atoms with Gasteiger partial charge in [-0.15, -0.1) is 0 Å². The van der Waals surface area contributed by atoms with Gasteiger partial charge in [-0.3, -0.25) is 9.10 Å². The number of benzene rings is 2. The van der Waals surface area contributed by atoms with E-state index >= 15 is 0 Å². The predicted molar refractivity (Wildman–Crippen MR) is 114 cm³/mol. The largest absolute Gasteiger partial charge is 0.378 e. The molecule has 0 aliphatic carbocycles. The number of aromatic nitrogens is 1. The summed E-state index contributed by atoms with van der Waals surface area (Å²) in [7, 11) is -3.77. The van der Waals surface area contributed by atoms with E-state index in [9.17, 15) is 13.2 Å². The zero-order valence-electron chi connectivity index (χ0n) is 16.1. The van der Waals surface area contributed by atoms with E-state index in [4.69, 9.17) is 4.74 Å². The molecule has 0 bridgehead atoms. The Labute approximate surface area is 174 Å². The average Bonchev–Trinajstić information content (AvgIpc) is 2.98. The van der Waals surface area contributed by atoms with E-state index in [0.29, 0.717) is 30.0 Å². The highest BCUT2D eigenvalue weighted by atomic mass is 32.2. The zero-order valence-corrected chi connectivity index (χ0v) is 16.9. The molecule has 1 aromatic heterocycles. The third-order valence-corrected chi connectivity index (χ3v) is 7.14. The molecule has 0 spiro atoms. The van der Waals surface area contributed by atoms with Gasteiger partial charge in [-0.05, 0) is 29.7 Å². The van der Waals surface area contributed by atoms with Crippen molar-refractivity contribution in [1.82, 2.24) is 4.98 Å². The molecule has 1 amide bonds. The normalized spacial score (nSPS) is 17.3. The summed E-state index contributed by atoms with van der Waals surface area (Å²) in [5.41, 5.74) is 1.04. The topological polar surface area (TPSA) is 91.8 Å². The summed E-state index contributed by atoms with van der Waals surface area (Å²) in [4.78, 5) is 19.4. The maximum atomic E-state index is 13.0. The number of hydrogen-bond acceptors (Lipinski definition) is 6. The summed E-state index contributed by atoms with van der Waals surface area (Å²) >= 11 is 0. The molecule has 30 heavy (non-hydrogen) atoms. The van der Waals surface area contributed by atoms with Gasteiger partial charge in [-0.2, -0.15) is 0 Å². The first-order valence-electron chi connectivity index (χ1n) is 9.67. The fraction of sp³-hybridized carbons (Fsp3) is 0.238. The number of carbonyl (C=O) groups is 1. The lowest BCUT2D eigenvalue weighted by molar-refractivity contribution is -0.114. The minimum atomic E-state index is -3.77. The molecule has 1 N–H and O–H groups in total. The second kappa shape index (κ2) is 7.26. The molecule has 5 rings (SSSR count). The van der Waals surface area contributed by atoms with Gasteiger partial charge >= 0.3 is 0 Å². The zero-order chi connectivity index (χ0) is 20.7. The maximum Gasteiger partial charge on any atom is 0.265 e. The first kappa shape index (κ1) is 18.8. The van der Waals surface area contributed by atoms with Crippen LogP contribution < -0.4 is 14.5 Å². The number of carbonyl (C=O) groups excluding carboxylic acids is 1. The van der Waals surface area contributed by atoms with Gasteiger partial charge in [-0.25, -0.2) is 13.4 Å². The summed E-state index contributed by atoms with van der Waals surface area (Å²) < 4.78 is 32.5. The number of morpholine rings is 1. The third-order valence-electron chi connectivity index (χ3n) is 5.34. The molecular formula is C21H20N4O4S. The second-order valence-corrected chi connectivity index (χ2v) is 9.03. The molecule has 9 heteroatoms. The van der Waals surface area contributed by atoms with Gasteiger partial charge in [0.15, 0.2) is 0 Å². The number of ether oxygens (including phenoxy) is 1. The van der Waals surface area contributed by atoms with E-state index in [1.807, 2.05) is 18.2 Å². The number of pyridine rings is 1. The van der Waals surface area contributed by atoms with E-state index in [-0.39, 0.29) is 11.4 Å². The molecular weight excluding hydrogens is 404 g/mol. The molecule has 0 saturated carbocycles. The van der Waals surface area contributed by atoms with Crippen LogP contribution in [-0.4, -0.2) is 52.2 Å². The Morgan fingerprint density at radius 1 is 1.07 bits per heavy atom. The fourth-order valence-corrected chi connectivity index (χ4v) is 5.57. The molecule has 0 atom stereocenters. The number of sulfonamides is 1. The van der Waals surface area contributed by atoms with Crippen molar-refractivity contribution in [2.24, 2.45) is 0 Å². The van der Waals surface area contributed by atoms with Crippen molar-refractivity contribution in [3.05, 3.63) is 54.7 Å². The Kier molecular flexibility index (Phi) is 4.56. The SMILES string of the molecule is O=C(CN1c2cccc3cccc(c23)S1(=O)=O)Nc1ccc(N2CCOCC2)nc1. The molecule has 0 radical (unpaired) electrons. The molecule has 2 aromatic carbocycles. The van der Waals surface area contributed by atoms with Crippen LogP contribution >= 0.6 is 0 Å². The van der Waals surface area contributed by atoms with Crippen LogP contribution in [0.2, 0.25) is 0 Å². The molecule has 1 fully saturated rings. The highest BCUT2D eigenvalue weighted by Crippen LogP contribution is 2.41. The molecule has 2 aliphatic rings. The lowest BCUT2D eigenvalue weighted by Gasteiger charge is -2.27. The summed E-state index contributed by atoms with van der Waals surface area (Å²) in [6.07, 6.45) is 1.58. The molecule has 0 unspecified atom stereocenters. The van der Waals surface area contributed by atoms with Gasteiger partial charge in [0.1, 0.15) is 12.4 Å². The summed E-state index contributed by atoms with van der Waals surface area (Å²) in [6.45, 7) is 2.58. The average molecular weight is 424 g/mol. The fourth-order valence-electron chi connectivity index (χ4n) is 3.90. The third kappa shape index (κ3) is 3.16. The smallest absolute Gasteiger partial charge is 0.265 e. The molecule has 1 saturated heterocycles. The summed E-state index contributed by atoms with van der Waals surface area (Å²) in [5, 5.41) is 4.23. The van der Waals surface area contributed by atoms with E-state index < -0.39 is 15.9 Å². The quantitative estimate of drug-likeness (QED) is 0.691. The number of hydrogen-bond donors (Lipinski definition) is 1. The van der Waals surface area contributed by atoms with Crippen molar-refractivity contribution in [2.75, 3.05) is 47.4 Å². The Balaban J connectivity index is 1.33. The van der Waals surface area contributed by atoms with Crippen LogP contribution in [-0.2, 0) is 19.6 Å². The van der Waals surface area contributed by atoms with Gasteiger partial charge in [0.2, 0.25) is 5.91 Å². The summed E-state index contributed by atoms with van der Waals surface area (Å²) in [5.74, 6) is 0.393. The molecule has 3 heterocycles. The lowest BCUT2D eigenvalue weighted by atomic mass is 10.1. The van der Waals surface area contributed by atoms with Gasteiger partial charge in [0.25, 0.3) is 10.0 Å². The molecule has 2 aliphatic heterocycles. The Morgan fingerprint density at radius 2 is 1.83 bits per heavy atom. The van der Waals surface area contributed by atoms with Crippen molar-refractivity contribution in [3.63, 3.8) is 0 Å². The molecule has 3 aromatic rings. The number of anilines is 3. The maximum absolute atomic E-state index is 13.0. The van der Waals surface area contributed by atoms with Crippen LogP contribution in [0.15, 0.2) is 59.6 Å². The van der Waals surface area contributed by atoms with Gasteiger partial charge in [-0.1, -0.05) is 24.3 Å². The van der Waals surface area contributed by atoms with Gasteiger partial charge < -0.3 is 15.0 Å². The van der Waals surface area contributed by atoms with Crippen LogP contribution in [0, 0.1) is 0 Å². The van der Waals surface area contributed by atoms with Gasteiger partial charge in [0, 0.05) is 18.5 Å². The van der Waals surface area contributed by atoms with Crippen LogP contribution in [0.3, 0.4) is 0 Å². The van der Waals surface area contributed by atoms with Crippen LogP contribution in [0.4, 0.5) is 17.2 Å². The highest BCUT2D eigenvalue weighted by molar-refractivity contribution is 7.93. The van der Waals surface area contributed by atoms with E-state index in [1.165, 1.54) is 0 Å². The summed E-state index contributed by atoms with van der Waals surface area (Å²) in [6, 6.07) is 14.1. The van der Waals surface area contributed by atoms with E-state index in [2.05, 4.69) is 15.2 Å². The first-order chi connectivity index (χ1) is 14.5. The Hall–Kier alpha value is -3.17. The van der Waals surface area contributed by atoms with Crippen LogP contribution in [0.1, 0.15) is 0 Å². The van der Waals surface area contributed by atoms with Crippen LogP contribution in [0.5, 0.6) is 0 Å². The standard InChI is InChI=1S/C21H20N4O4S/c26-20(23-16-7-8-19(22-13-16)24-9-11-29-12-10-24)14-25-17-5-1-3-15-4-2-6-18(21(15)17)30(25,27)28/h1-8,13H,9-12,14H2,(H,23,26). The van der Waals surface area contributed by atoms with Gasteiger partial charge in [0.05, 0.1) is 35.7 Å². The predicted octanol–water partition coefficient (Wildman–Crippen LogP) is 2.22. The minimum absolute atomic E-state index is 0.236. The Morgan fingerprint density at radius 3 is 2.57 bits per heavy atom. The van der Waals surface area contributed by atoms with Crippen molar-refractivity contribution in [2.45, 2.75) is 4.90 Å². The number of nitrogens with zero attached hydrogens (tertiary/aromatic N) is 3. The minimum Gasteiger partial charge on any atom is -0.378 e. The number of amides is 1. The molecule has 8 nitrogen and oxygen atoms in total. The molecule has 154 valence electrons. The van der Waals surface area contributed by atoms with Crippen molar-refractivity contribution in [3.8, 4) is 0 Å². The monoisotopic (exact) mass is 424 g/mol. The highest BCUT2D eigenvalue weighted by Gasteiger charge is 2.36. The van der Waals surface area contributed by atoms with E-state index in [1.54, 1.807) is 36.5 Å². The van der Waals surface area contributed by atoms with Crippen molar-refractivity contribution >= 4 is 43.9 Å². The first-order valence-corrected chi connectivity index (χ1v) is 11.1. The Bertz CT molecular complexity index is 1220. The van der Waals surface area contributed by atoms with E-state index in [0.717, 1.165) is 28.6 Å². The van der Waals surface area contributed by atoms with Crippen molar-refractivity contribution < 1.29 is 17.9 Å². The number of rotatable bonds is 4. The van der Waals surface area contributed by atoms with Crippen molar-refractivity contribution in [1.29, 1.82) is 0 Å². The lowest BCUT2D eigenvalue weighted by Crippen LogP contribution is -2.37.